The predicted molar refractivity (Wildman–Crippen MR) is 46.7 cm³/mol. The molecule has 0 amide bonds. The third kappa shape index (κ3) is 2.42. The van der Waals surface area contributed by atoms with Crippen molar-refractivity contribution in [3.05, 3.63) is 0 Å². The van der Waals surface area contributed by atoms with Crippen molar-refractivity contribution in [2.45, 2.75) is 25.6 Å². The molecule has 0 radical (unpaired) electrons. The average Bonchev–Trinajstić information content (AvgIpc) is 2.17. The van der Waals surface area contributed by atoms with Crippen LogP contribution in [0, 0.1) is 0 Å². The Balaban J connectivity index is 2.34. The van der Waals surface area contributed by atoms with Crippen LogP contribution in [0.3, 0.4) is 0 Å². The van der Waals surface area contributed by atoms with Crippen LogP contribution in [0.4, 0.5) is 0 Å². The van der Waals surface area contributed by atoms with Crippen LogP contribution < -0.4 is 5.32 Å². The topological polar surface area (TPSA) is 55.7 Å². The summed E-state index contributed by atoms with van der Waals surface area (Å²) in [5.74, 6) is 0. The molecule has 1 saturated heterocycles. The van der Waals surface area contributed by atoms with Crippen LogP contribution in [-0.4, -0.2) is 53.6 Å². The second-order valence-corrected chi connectivity index (χ2v) is 3.22. The summed E-state index contributed by atoms with van der Waals surface area (Å²) in [6, 6.07) is 0.125. The lowest BCUT2D eigenvalue weighted by molar-refractivity contribution is -0.0205. The highest BCUT2D eigenvalue weighted by molar-refractivity contribution is 4.78. The van der Waals surface area contributed by atoms with Crippen molar-refractivity contribution >= 4 is 0 Å². The van der Waals surface area contributed by atoms with Gasteiger partial charge in [0, 0.05) is 25.7 Å². The van der Waals surface area contributed by atoms with Crippen LogP contribution in [0.25, 0.3) is 0 Å². The minimum Gasteiger partial charge on any atom is -0.395 e. The van der Waals surface area contributed by atoms with Crippen LogP contribution in [0.15, 0.2) is 0 Å². The van der Waals surface area contributed by atoms with E-state index in [9.17, 15) is 5.11 Å². The Morgan fingerprint density at radius 3 is 3.00 bits per heavy atom. The van der Waals surface area contributed by atoms with Crippen LogP contribution in [0.1, 0.15) is 13.3 Å². The van der Waals surface area contributed by atoms with Crippen LogP contribution >= 0.6 is 0 Å². The summed E-state index contributed by atoms with van der Waals surface area (Å²) in [7, 11) is 0. The molecule has 0 aliphatic carbocycles. The first-order valence-electron chi connectivity index (χ1n) is 4.54. The summed E-state index contributed by atoms with van der Waals surface area (Å²) in [6.07, 6.45) is 0.402. The molecule has 0 bridgehead atoms. The molecule has 2 atom stereocenters. The molecular formula is C8H18N2O2. The van der Waals surface area contributed by atoms with Gasteiger partial charge in [0.2, 0.25) is 0 Å². The molecule has 2 unspecified atom stereocenters. The maximum Gasteiger partial charge on any atom is 0.107 e. The lowest BCUT2D eigenvalue weighted by Gasteiger charge is -2.35. The van der Waals surface area contributed by atoms with Gasteiger partial charge in [-0.15, -0.1) is 0 Å². The van der Waals surface area contributed by atoms with Crippen LogP contribution in [0.2, 0.25) is 0 Å². The summed E-state index contributed by atoms with van der Waals surface area (Å²) >= 11 is 0. The third-order valence-corrected chi connectivity index (χ3v) is 2.29. The lowest BCUT2D eigenvalue weighted by atomic mass is 10.2. The van der Waals surface area contributed by atoms with E-state index in [0.717, 1.165) is 26.1 Å². The van der Waals surface area contributed by atoms with E-state index < -0.39 is 0 Å². The molecule has 0 saturated carbocycles. The van der Waals surface area contributed by atoms with Crippen molar-refractivity contribution in [2.24, 2.45) is 0 Å². The number of nitrogens with zero attached hydrogens (tertiary/aromatic N) is 1. The fourth-order valence-corrected chi connectivity index (χ4v) is 1.50. The third-order valence-electron chi connectivity index (χ3n) is 2.29. The Morgan fingerprint density at radius 2 is 2.42 bits per heavy atom. The summed E-state index contributed by atoms with van der Waals surface area (Å²) in [5, 5.41) is 21.6. The van der Waals surface area contributed by atoms with Crippen molar-refractivity contribution in [2.75, 3.05) is 26.2 Å². The van der Waals surface area contributed by atoms with Crippen molar-refractivity contribution in [1.82, 2.24) is 10.2 Å². The normalized spacial score (nSPS) is 28.8. The summed E-state index contributed by atoms with van der Waals surface area (Å²) in [6.45, 7) is 4.56. The maximum absolute atomic E-state index is 9.51. The van der Waals surface area contributed by atoms with Gasteiger partial charge in [0.15, 0.2) is 0 Å². The Morgan fingerprint density at radius 1 is 1.67 bits per heavy atom. The summed E-state index contributed by atoms with van der Waals surface area (Å²) in [4.78, 5) is 2.00. The van der Waals surface area contributed by atoms with E-state index in [1.54, 1.807) is 0 Å². The maximum atomic E-state index is 9.51. The number of hydrogen-bond acceptors (Lipinski definition) is 4. The molecule has 0 aromatic rings. The molecule has 1 rings (SSSR count). The highest BCUT2D eigenvalue weighted by Crippen LogP contribution is 2.04. The van der Waals surface area contributed by atoms with Gasteiger partial charge in [0.1, 0.15) is 6.23 Å². The first kappa shape index (κ1) is 9.92. The first-order chi connectivity index (χ1) is 5.77. The van der Waals surface area contributed by atoms with E-state index >= 15 is 0 Å². The molecule has 1 aliphatic heterocycles. The zero-order chi connectivity index (χ0) is 8.97. The van der Waals surface area contributed by atoms with E-state index in [1.807, 2.05) is 11.8 Å². The second-order valence-electron chi connectivity index (χ2n) is 3.22. The molecule has 12 heavy (non-hydrogen) atoms. The van der Waals surface area contributed by atoms with Crippen molar-refractivity contribution < 1.29 is 10.2 Å². The van der Waals surface area contributed by atoms with E-state index in [4.69, 9.17) is 5.11 Å². The molecule has 4 heteroatoms. The molecule has 0 aromatic heterocycles. The summed E-state index contributed by atoms with van der Waals surface area (Å²) < 4.78 is 0. The van der Waals surface area contributed by atoms with Gasteiger partial charge in [0.05, 0.1) is 6.61 Å². The van der Waals surface area contributed by atoms with Gasteiger partial charge < -0.3 is 15.5 Å². The molecule has 4 nitrogen and oxygen atoms in total. The molecule has 0 spiro atoms. The molecule has 3 N–H and O–H groups in total. The summed E-state index contributed by atoms with van der Waals surface area (Å²) in [5.41, 5.74) is 0. The highest BCUT2D eigenvalue weighted by Gasteiger charge is 2.22. The van der Waals surface area contributed by atoms with Crippen molar-refractivity contribution in [1.29, 1.82) is 0 Å². The van der Waals surface area contributed by atoms with Gasteiger partial charge in [-0.1, -0.05) is 6.92 Å². The SMILES string of the molecule is CCC(O)N1CCNC(CO)C1. The molecule has 1 heterocycles. The van der Waals surface area contributed by atoms with Crippen molar-refractivity contribution in [3.8, 4) is 0 Å². The van der Waals surface area contributed by atoms with Crippen LogP contribution in [0.5, 0.6) is 0 Å². The van der Waals surface area contributed by atoms with Crippen LogP contribution in [-0.2, 0) is 0 Å². The van der Waals surface area contributed by atoms with E-state index in [2.05, 4.69) is 5.32 Å². The fourth-order valence-electron chi connectivity index (χ4n) is 1.50. The largest absolute Gasteiger partial charge is 0.395 e. The van der Waals surface area contributed by atoms with Gasteiger partial charge in [-0.3, -0.25) is 4.90 Å². The molecule has 0 aromatic carbocycles. The molecule has 1 fully saturated rings. The second kappa shape index (κ2) is 4.77. The molecular weight excluding hydrogens is 156 g/mol. The predicted octanol–water partition coefficient (Wildman–Crippen LogP) is -1.02. The van der Waals surface area contributed by atoms with Gasteiger partial charge >= 0.3 is 0 Å². The highest BCUT2D eigenvalue weighted by atomic mass is 16.3. The fraction of sp³-hybridized carbons (Fsp3) is 1.00. The van der Waals surface area contributed by atoms with Gasteiger partial charge in [-0.25, -0.2) is 0 Å². The van der Waals surface area contributed by atoms with Gasteiger partial charge in [0.25, 0.3) is 0 Å². The minimum atomic E-state index is -0.346. The minimum absolute atomic E-state index is 0.125. The monoisotopic (exact) mass is 174 g/mol. The first-order valence-corrected chi connectivity index (χ1v) is 4.54. The van der Waals surface area contributed by atoms with Gasteiger partial charge in [-0.05, 0) is 6.42 Å². The Hall–Kier alpha value is -0.160. The number of hydrogen-bond donors (Lipinski definition) is 3. The Labute approximate surface area is 73.2 Å². The van der Waals surface area contributed by atoms with E-state index in [-0.39, 0.29) is 18.9 Å². The van der Waals surface area contributed by atoms with E-state index in [1.165, 1.54) is 0 Å². The average molecular weight is 174 g/mol. The smallest absolute Gasteiger partial charge is 0.107 e. The van der Waals surface area contributed by atoms with E-state index in [0.29, 0.717) is 0 Å². The zero-order valence-electron chi connectivity index (χ0n) is 7.53. The number of nitrogens with one attached hydrogen (secondary N) is 1. The lowest BCUT2D eigenvalue weighted by Crippen LogP contribution is -2.55. The standard InChI is InChI=1S/C8H18N2O2/c1-2-8(12)10-4-3-9-7(5-10)6-11/h7-9,11-12H,2-6H2,1H3. The number of piperazine rings is 1. The zero-order valence-corrected chi connectivity index (χ0v) is 7.53. The molecule has 72 valence electrons. The Kier molecular flexibility index (Phi) is 3.94. The Bertz CT molecular complexity index is 130. The number of aliphatic hydroxyl groups excluding tert-OH is 2. The molecule has 1 aliphatic rings. The number of aliphatic hydroxyl groups is 2. The quantitative estimate of drug-likeness (QED) is 0.513. The van der Waals surface area contributed by atoms with Gasteiger partial charge in [-0.2, -0.15) is 0 Å². The number of rotatable bonds is 3. The van der Waals surface area contributed by atoms with Crippen molar-refractivity contribution in [3.63, 3.8) is 0 Å².